The van der Waals surface area contributed by atoms with Gasteiger partial charge < -0.3 is 23.7 Å². The number of carbonyl (C=O) groups is 2. The Morgan fingerprint density at radius 3 is 2.49 bits per heavy atom. The number of carbonyl (C=O) groups excluding carboxylic acids is 2. The van der Waals surface area contributed by atoms with Gasteiger partial charge in [0.15, 0.2) is 18.4 Å². The minimum Gasteiger partial charge on any atom is -0.467 e. The van der Waals surface area contributed by atoms with E-state index in [1.807, 2.05) is 55.5 Å². The van der Waals surface area contributed by atoms with E-state index in [0.29, 0.717) is 23.3 Å². The average molecular weight is 507 g/mol. The van der Waals surface area contributed by atoms with Crippen LogP contribution in [0.4, 0.5) is 0 Å². The van der Waals surface area contributed by atoms with E-state index in [2.05, 4.69) is 0 Å². The Bertz CT molecular complexity index is 1180. The lowest BCUT2D eigenvalue weighted by atomic mass is 9.93. The van der Waals surface area contributed by atoms with Gasteiger partial charge in [0.2, 0.25) is 0 Å². The van der Waals surface area contributed by atoms with E-state index in [4.69, 9.17) is 23.7 Å². The summed E-state index contributed by atoms with van der Waals surface area (Å²) in [5, 5.41) is 0. The van der Waals surface area contributed by atoms with E-state index in [1.165, 1.54) is 13.2 Å². The van der Waals surface area contributed by atoms with Crippen LogP contribution in [-0.2, 0) is 23.7 Å². The van der Waals surface area contributed by atoms with Crippen LogP contribution in [0.1, 0.15) is 50.0 Å². The summed E-state index contributed by atoms with van der Waals surface area (Å²) < 4.78 is 28.8. The highest BCUT2D eigenvalue weighted by Gasteiger charge is 2.43. The highest BCUT2D eigenvalue weighted by Crippen LogP contribution is 2.36. The third-order valence-corrected chi connectivity index (χ3v) is 6.54. The highest BCUT2D eigenvalue weighted by atomic mass is 16.8. The van der Waals surface area contributed by atoms with Crippen molar-refractivity contribution in [3.8, 4) is 16.9 Å². The van der Waals surface area contributed by atoms with Crippen molar-refractivity contribution in [3.63, 3.8) is 0 Å². The number of fused-ring (bicyclic) bond motifs is 2. The predicted octanol–water partition coefficient (Wildman–Crippen LogP) is 5.58. The van der Waals surface area contributed by atoms with Crippen LogP contribution in [0.25, 0.3) is 17.2 Å². The summed E-state index contributed by atoms with van der Waals surface area (Å²) in [4.78, 5) is 26.6. The molecule has 2 aliphatic heterocycles. The van der Waals surface area contributed by atoms with Gasteiger partial charge in [-0.1, -0.05) is 61.5 Å². The van der Waals surface area contributed by atoms with Crippen LogP contribution in [0, 0.1) is 5.92 Å². The molecule has 2 aliphatic rings. The lowest BCUT2D eigenvalue weighted by Crippen LogP contribution is -2.30. The first-order valence-corrected chi connectivity index (χ1v) is 12.5. The first-order valence-electron chi connectivity index (χ1n) is 12.5. The van der Waals surface area contributed by atoms with Crippen LogP contribution in [0.3, 0.4) is 0 Å². The van der Waals surface area contributed by atoms with Crippen molar-refractivity contribution < 1.29 is 33.3 Å². The smallest absolute Gasteiger partial charge is 0.342 e. The molecule has 0 bridgehead atoms. The van der Waals surface area contributed by atoms with Gasteiger partial charge in [-0.15, -0.1) is 0 Å². The zero-order valence-electron chi connectivity index (χ0n) is 21.9. The molecule has 0 amide bonds. The van der Waals surface area contributed by atoms with Crippen LogP contribution in [0.2, 0.25) is 0 Å². The number of rotatable bonds is 4. The molecule has 0 saturated carbocycles. The highest BCUT2D eigenvalue weighted by molar-refractivity contribution is 6.00. The van der Waals surface area contributed by atoms with Crippen molar-refractivity contribution in [1.29, 1.82) is 0 Å². The quantitative estimate of drug-likeness (QED) is 0.396. The zero-order valence-corrected chi connectivity index (χ0v) is 21.9. The first kappa shape index (κ1) is 26.8. The number of ketones is 1. The molecule has 1 fully saturated rings. The summed E-state index contributed by atoms with van der Waals surface area (Å²) in [6, 6.07) is 13.5. The molecule has 0 N–H and O–H groups in total. The van der Waals surface area contributed by atoms with E-state index in [0.717, 1.165) is 11.1 Å². The van der Waals surface area contributed by atoms with Gasteiger partial charge in [-0.25, -0.2) is 4.79 Å². The van der Waals surface area contributed by atoms with Crippen LogP contribution < -0.4 is 4.74 Å². The molecule has 1 saturated heterocycles. The lowest BCUT2D eigenvalue weighted by molar-refractivity contribution is -0.152. The number of ether oxygens (including phenoxy) is 5. The molecular formula is C30H34O7. The van der Waals surface area contributed by atoms with E-state index in [9.17, 15) is 9.59 Å². The molecule has 0 aromatic heterocycles. The molecule has 7 heteroatoms. The molecule has 0 aliphatic carbocycles. The van der Waals surface area contributed by atoms with Gasteiger partial charge in [-0.05, 0) is 50.5 Å². The van der Waals surface area contributed by atoms with Gasteiger partial charge in [0.1, 0.15) is 23.5 Å². The van der Waals surface area contributed by atoms with Crippen molar-refractivity contribution in [2.45, 2.75) is 58.2 Å². The molecule has 0 spiro atoms. The van der Waals surface area contributed by atoms with Gasteiger partial charge in [0, 0.05) is 18.6 Å². The summed E-state index contributed by atoms with van der Waals surface area (Å²) in [6.45, 7) is 7.28. The maximum absolute atomic E-state index is 13.6. The summed E-state index contributed by atoms with van der Waals surface area (Å²) >= 11 is 0. The van der Waals surface area contributed by atoms with Crippen LogP contribution >= 0.6 is 0 Å². The number of benzene rings is 2. The second-order valence-corrected chi connectivity index (χ2v) is 9.78. The zero-order chi connectivity index (χ0) is 26.6. The molecule has 2 heterocycles. The topological polar surface area (TPSA) is 80.3 Å². The Balaban J connectivity index is 1.86. The fourth-order valence-electron chi connectivity index (χ4n) is 4.50. The summed E-state index contributed by atoms with van der Waals surface area (Å²) in [5.74, 6) is -1.42. The van der Waals surface area contributed by atoms with Crippen LogP contribution in [-0.4, -0.2) is 49.8 Å². The fourth-order valence-corrected chi connectivity index (χ4v) is 4.50. The Morgan fingerprint density at radius 1 is 1.00 bits per heavy atom. The molecule has 7 nitrogen and oxygen atoms in total. The van der Waals surface area contributed by atoms with Crippen molar-refractivity contribution in [3.05, 3.63) is 71.8 Å². The standard InChI is InChI=1S/C30H34O7/c1-19-14-16-24(31)28-26(36-30(3,4)37-28)13-9-12-23-22(21-10-7-6-8-11-21)15-17-25(34-18-33-5)27(23)29(32)35-20(19)2/h6-12,14-17,19-20,26,28H,13,18H2,1-5H3/b12-9?,16-14-/t19-,20+,26+,28-/m1/s1. The van der Waals surface area contributed by atoms with E-state index in [-0.39, 0.29) is 18.5 Å². The summed E-state index contributed by atoms with van der Waals surface area (Å²) in [5.41, 5.74) is 2.75. The molecule has 0 radical (unpaired) electrons. The average Bonchev–Trinajstić information content (AvgIpc) is 3.19. The second-order valence-electron chi connectivity index (χ2n) is 9.78. The monoisotopic (exact) mass is 506 g/mol. The van der Waals surface area contributed by atoms with Crippen molar-refractivity contribution in [2.75, 3.05) is 13.9 Å². The van der Waals surface area contributed by atoms with E-state index in [1.54, 1.807) is 32.9 Å². The molecule has 0 unspecified atom stereocenters. The number of methoxy groups -OCH3 is 1. The fraction of sp³-hybridized carbons (Fsp3) is 0.400. The van der Waals surface area contributed by atoms with Crippen LogP contribution in [0.15, 0.2) is 60.7 Å². The van der Waals surface area contributed by atoms with Crippen LogP contribution in [0.5, 0.6) is 5.75 Å². The number of esters is 1. The largest absolute Gasteiger partial charge is 0.467 e. The summed E-state index contributed by atoms with van der Waals surface area (Å²) in [7, 11) is 1.52. The Labute approximate surface area is 218 Å². The van der Waals surface area contributed by atoms with Crippen molar-refractivity contribution >= 4 is 17.8 Å². The normalized spacial score (nSPS) is 26.5. The third-order valence-electron chi connectivity index (χ3n) is 6.54. The van der Waals surface area contributed by atoms with Crippen molar-refractivity contribution in [2.24, 2.45) is 5.92 Å². The predicted molar refractivity (Wildman–Crippen MR) is 140 cm³/mol. The Morgan fingerprint density at radius 2 is 1.76 bits per heavy atom. The number of hydrogen-bond acceptors (Lipinski definition) is 7. The van der Waals surface area contributed by atoms with Crippen molar-refractivity contribution in [1.82, 2.24) is 0 Å². The van der Waals surface area contributed by atoms with E-state index >= 15 is 0 Å². The molecule has 196 valence electrons. The molecule has 4 rings (SSSR count). The molecule has 2 aromatic rings. The molecule has 2 aromatic carbocycles. The van der Waals surface area contributed by atoms with Gasteiger partial charge >= 0.3 is 5.97 Å². The van der Waals surface area contributed by atoms with Gasteiger partial charge in [-0.2, -0.15) is 0 Å². The number of cyclic esters (lactones) is 1. The first-order chi connectivity index (χ1) is 17.7. The molecule has 37 heavy (non-hydrogen) atoms. The Kier molecular flexibility index (Phi) is 8.27. The minimum absolute atomic E-state index is 0.0189. The lowest BCUT2D eigenvalue weighted by Gasteiger charge is -2.22. The maximum atomic E-state index is 13.6. The maximum Gasteiger partial charge on any atom is 0.342 e. The van der Waals surface area contributed by atoms with Gasteiger partial charge in [0.25, 0.3) is 0 Å². The third kappa shape index (κ3) is 6.18. The molecular weight excluding hydrogens is 472 g/mol. The number of hydrogen-bond donors (Lipinski definition) is 0. The van der Waals surface area contributed by atoms with E-state index < -0.39 is 30.1 Å². The van der Waals surface area contributed by atoms with Gasteiger partial charge in [0.05, 0.1) is 6.10 Å². The summed E-state index contributed by atoms with van der Waals surface area (Å²) in [6.07, 6.45) is 5.72. The van der Waals surface area contributed by atoms with Gasteiger partial charge in [-0.3, -0.25) is 4.79 Å². The minimum atomic E-state index is -0.882. The Hall–Kier alpha value is -3.26. The SMILES string of the molecule is COCOc1ccc(-c2ccccc2)c2c1C(=O)O[C@@H](C)[C@H](C)/C=C\C(=O)[C@H]1OC(C)(C)O[C@H]1CC=C2. The molecule has 4 atom stereocenters. The second kappa shape index (κ2) is 11.4.